The van der Waals surface area contributed by atoms with Gasteiger partial charge < -0.3 is 24.5 Å². The van der Waals surface area contributed by atoms with E-state index in [0.29, 0.717) is 23.7 Å². The molecule has 4 aliphatic rings. The predicted molar refractivity (Wildman–Crippen MR) is 143 cm³/mol. The fraction of sp³-hybridized carbons (Fsp3) is 0.345. The summed E-state index contributed by atoms with van der Waals surface area (Å²) in [5, 5.41) is 9.98. The van der Waals surface area contributed by atoms with E-state index in [-0.39, 0.29) is 37.4 Å². The minimum atomic E-state index is -1.32. The number of fused-ring (bicyclic) bond motifs is 2. The van der Waals surface area contributed by atoms with Gasteiger partial charge in [0.2, 0.25) is 11.8 Å². The van der Waals surface area contributed by atoms with Gasteiger partial charge in [-0.05, 0) is 30.7 Å². The number of aliphatic hydroxyl groups is 1. The first kappa shape index (κ1) is 24.9. The number of nitrogens with zero attached hydrogens (tertiary/aromatic N) is 3. The molecule has 2 aromatic rings. The lowest BCUT2D eigenvalue weighted by molar-refractivity contribution is -0.140. The van der Waals surface area contributed by atoms with Crippen LogP contribution in [0.3, 0.4) is 0 Å². The number of hydrogen-bond acceptors (Lipinski definition) is 5. The van der Waals surface area contributed by atoms with Gasteiger partial charge in [0.05, 0.1) is 28.6 Å². The van der Waals surface area contributed by atoms with Crippen LogP contribution in [0, 0.1) is 11.8 Å². The molecule has 0 aliphatic carbocycles. The standard InChI is InChI=1S/C29H28ClN3O5/c30-20-11-4-5-12-21(20)32-16-7-14-29-24(27(36)33(17-8-18-34)25(29)28(32)37)23-22(38-29)13-6-15-31(26(23)35)19-9-2-1-3-10-19/h1-7,9-14,22-25,34H,8,15-18H2/t22-,23+,24-,25?,29-/m0/s1. The normalized spacial score (nSPS) is 30.3. The minimum Gasteiger partial charge on any atom is -0.396 e. The smallest absolute Gasteiger partial charge is 0.253 e. The molecule has 2 fully saturated rings. The van der Waals surface area contributed by atoms with E-state index in [0.717, 1.165) is 5.69 Å². The maximum absolute atomic E-state index is 14.3. The zero-order valence-electron chi connectivity index (χ0n) is 20.7. The van der Waals surface area contributed by atoms with Gasteiger partial charge in [0, 0.05) is 31.9 Å². The van der Waals surface area contributed by atoms with Crippen LogP contribution in [0.25, 0.3) is 0 Å². The first-order valence-corrected chi connectivity index (χ1v) is 13.2. The molecule has 196 valence electrons. The number of halogens is 1. The van der Waals surface area contributed by atoms with Crippen molar-refractivity contribution in [3.63, 3.8) is 0 Å². The summed E-state index contributed by atoms with van der Waals surface area (Å²) in [5.74, 6) is -2.54. The highest BCUT2D eigenvalue weighted by Gasteiger charge is 2.71. The third-order valence-electron chi connectivity index (χ3n) is 7.93. The Kier molecular flexibility index (Phi) is 6.34. The molecule has 0 radical (unpaired) electrons. The highest BCUT2D eigenvalue weighted by molar-refractivity contribution is 6.34. The van der Waals surface area contributed by atoms with Crippen molar-refractivity contribution in [2.24, 2.45) is 11.8 Å². The number of benzene rings is 2. The van der Waals surface area contributed by atoms with Crippen molar-refractivity contribution in [1.82, 2.24) is 4.90 Å². The number of ether oxygens (including phenoxy) is 1. The highest BCUT2D eigenvalue weighted by atomic mass is 35.5. The van der Waals surface area contributed by atoms with Gasteiger partial charge in [0.1, 0.15) is 11.6 Å². The summed E-state index contributed by atoms with van der Waals surface area (Å²) in [6.07, 6.45) is 7.00. The van der Waals surface area contributed by atoms with Crippen LogP contribution in [0.1, 0.15) is 6.42 Å². The molecule has 4 aliphatic heterocycles. The molecule has 1 spiro atoms. The molecule has 0 aromatic heterocycles. The van der Waals surface area contributed by atoms with Crippen LogP contribution >= 0.6 is 11.6 Å². The van der Waals surface area contributed by atoms with Crippen molar-refractivity contribution < 1.29 is 24.2 Å². The fourth-order valence-corrected chi connectivity index (χ4v) is 6.58. The Bertz CT molecular complexity index is 1330. The largest absolute Gasteiger partial charge is 0.396 e. The number of amides is 3. The summed E-state index contributed by atoms with van der Waals surface area (Å²) < 4.78 is 6.63. The van der Waals surface area contributed by atoms with Crippen molar-refractivity contribution in [2.75, 3.05) is 36.0 Å². The van der Waals surface area contributed by atoms with E-state index in [2.05, 4.69) is 0 Å². The van der Waals surface area contributed by atoms with E-state index in [9.17, 15) is 19.5 Å². The van der Waals surface area contributed by atoms with Crippen LogP contribution in [-0.4, -0.2) is 71.7 Å². The number of para-hydroxylation sites is 2. The number of aliphatic hydroxyl groups excluding tert-OH is 1. The van der Waals surface area contributed by atoms with E-state index in [1.165, 1.54) is 4.90 Å². The second-order valence-electron chi connectivity index (χ2n) is 9.97. The van der Waals surface area contributed by atoms with Gasteiger partial charge in [0.15, 0.2) is 0 Å². The molecule has 2 saturated heterocycles. The van der Waals surface area contributed by atoms with Crippen molar-refractivity contribution in [3.05, 3.63) is 83.9 Å². The van der Waals surface area contributed by atoms with Crippen LogP contribution in [0.2, 0.25) is 5.02 Å². The monoisotopic (exact) mass is 533 g/mol. The first-order chi connectivity index (χ1) is 18.5. The van der Waals surface area contributed by atoms with Crippen molar-refractivity contribution in [2.45, 2.75) is 24.2 Å². The van der Waals surface area contributed by atoms with E-state index in [4.69, 9.17) is 16.3 Å². The summed E-state index contributed by atoms with van der Waals surface area (Å²) in [4.78, 5) is 47.2. The second-order valence-corrected chi connectivity index (χ2v) is 10.4. The number of hydrogen-bond donors (Lipinski definition) is 1. The van der Waals surface area contributed by atoms with Crippen LogP contribution in [0.5, 0.6) is 0 Å². The molecule has 2 aromatic carbocycles. The molecule has 1 N–H and O–H groups in total. The number of likely N-dealkylation sites (tertiary alicyclic amines) is 1. The molecule has 4 heterocycles. The van der Waals surface area contributed by atoms with E-state index >= 15 is 0 Å². The summed E-state index contributed by atoms with van der Waals surface area (Å²) in [6, 6.07) is 15.4. The molecule has 6 rings (SSSR count). The summed E-state index contributed by atoms with van der Waals surface area (Å²) in [6.45, 7) is 0.637. The van der Waals surface area contributed by atoms with Gasteiger partial charge >= 0.3 is 0 Å². The van der Waals surface area contributed by atoms with E-state index in [1.807, 2.05) is 48.6 Å². The highest BCUT2D eigenvalue weighted by Crippen LogP contribution is 2.54. The fourth-order valence-electron chi connectivity index (χ4n) is 6.34. The maximum atomic E-state index is 14.3. The third-order valence-corrected chi connectivity index (χ3v) is 8.25. The number of rotatable bonds is 5. The van der Waals surface area contributed by atoms with Gasteiger partial charge in [-0.15, -0.1) is 0 Å². The van der Waals surface area contributed by atoms with Gasteiger partial charge in [-0.1, -0.05) is 66.2 Å². The molecule has 38 heavy (non-hydrogen) atoms. The molecule has 5 atom stereocenters. The molecule has 1 unspecified atom stereocenters. The Morgan fingerprint density at radius 2 is 1.66 bits per heavy atom. The lowest BCUT2D eigenvalue weighted by Gasteiger charge is -2.35. The van der Waals surface area contributed by atoms with Crippen LogP contribution in [-0.2, 0) is 19.1 Å². The molecule has 9 heteroatoms. The van der Waals surface area contributed by atoms with E-state index < -0.39 is 29.6 Å². The van der Waals surface area contributed by atoms with Gasteiger partial charge in [-0.2, -0.15) is 0 Å². The first-order valence-electron chi connectivity index (χ1n) is 12.8. The van der Waals surface area contributed by atoms with Crippen LogP contribution in [0.4, 0.5) is 11.4 Å². The molecule has 8 nitrogen and oxygen atoms in total. The SMILES string of the molecule is O=C1[C@@H]2[C@H](C=CCN1c1ccccc1)O[C@]13C=CCN(c4ccccc4Cl)C(=O)C1N(CCCO)C(=O)[C@H]23. The summed E-state index contributed by atoms with van der Waals surface area (Å²) in [5.41, 5.74) is -0.0492. The van der Waals surface area contributed by atoms with E-state index in [1.54, 1.807) is 40.1 Å². The quantitative estimate of drug-likeness (QED) is 0.597. The van der Waals surface area contributed by atoms with Gasteiger partial charge in [0.25, 0.3) is 5.91 Å². The van der Waals surface area contributed by atoms with Crippen LogP contribution < -0.4 is 9.80 Å². The molecule has 3 amide bonds. The summed E-state index contributed by atoms with van der Waals surface area (Å²) >= 11 is 6.47. The third kappa shape index (κ3) is 3.70. The molecule has 0 bridgehead atoms. The maximum Gasteiger partial charge on any atom is 0.253 e. The topological polar surface area (TPSA) is 90.4 Å². The molecular formula is C29H28ClN3O5. The van der Waals surface area contributed by atoms with Crippen molar-refractivity contribution >= 4 is 40.7 Å². The zero-order chi connectivity index (χ0) is 26.4. The van der Waals surface area contributed by atoms with Crippen molar-refractivity contribution in [3.8, 4) is 0 Å². The average molecular weight is 534 g/mol. The van der Waals surface area contributed by atoms with Gasteiger partial charge in [-0.25, -0.2) is 0 Å². The Balaban J connectivity index is 1.44. The summed E-state index contributed by atoms with van der Waals surface area (Å²) in [7, 11) is 0. The molecule has 0 saturated carbocycles. The Hall–Kier alpha value is -3.46. The number of carbonyl (C=O) groups excluding carboxylic acids is 3. The average Bonchev–Trinajstić information content (AvgIpc) is 3.23. The predicted octanol–water partition coefficient (Wildman–Crippen LogP) is 2.81. The second kappa shape index (κ2) is 9.69. The van der Waals surface area contributed by atoms with Crippen LogP contribution in [0.15, 0.2) is 78.9 Å². The van der Waals surface area contributed by atoms with Gasteiger partial charge in [-0.3, -0.25) is 14.4 Å². The number of anilines is 2. The van der Waals surface area contributed by atoms with Crippen molar-refractivity contribution in [1.29, 1.82) is 0 Å². The minimum absolute atomic E-state index is 0.136. The lowest BCUT2D eigenvalue weighted by atomic mass is 9.77. The lowest BCUT2D eigenvalue weighted by Crippen LogP contribution is -2.55. The Morgan fingerprint density at radius 3 is 2.42 bits per heavy atom. The Labute approximate surface area is 225 Å². The Morgan fingerprint density at radius 1 is 0.921 bits per heavy atom. The molecular weight excluding hydrogens is 506 g/mol. The zero-order valence-corrected chi connectivity index (χ0v) is 21.4. The number of carbonyl (C=O) groups is 3.